The number of nitrogen functional groups attached to an aromatic ring is 1. The monoisotopic (exact) mass is 221 g/mol. The van der Waals surface area contributed by atoms with E-state index in [9.17, 15) is 4.79 Å². The summed E-state index contributed by atoms with van der Waals surface area (Å²) in [4.78, 5) is 17.6. The minimum Gasteiger partial charge on any atom is -0.379 e. The molecule has 15 heavy (non-hydrogen) atoms. The number of nitrogens with two attached hydrogens (primary N) is 1. The van der Waals surface area contributed by atoms with E-state index in [1.807, 2.05) is 6.07 Å². The second kappa shape index (κ2) is 3.74. The summed E-state index contributed by atoms with van der Waals surface area (Å²) in [5.41, 5.74) is 6.31. The molecule has 0 aliphatic heterocycles. The van der Waals surface area contributed by atoms with E-state index in [0.29, 0.717) is 10.7 Å². The zero-order valence-corrected chi connectivity index (χ0v) is 8.45. The van der Waals surface area contributed by atoms with Crippen molar-refractivity contribution in [3.8, 4) is 11.3 Å². The van der Waals surface area contributed by atoms with Gasteiger partial charge >= 0.3 is 0 Å². The molecule has 0 aliphatic rings. The van der Waals surface area contributed by atoms with Crippen molar-refractivity contribution in [3.05, 3.63) is 45.8 Å². The number of hydrogen-bond acceptors (Lipinski definition) is 3. The maximum absolute atomic E-state index is 11.2. The first kappa shape index (κ1) is 9.73. The first-order chi connectivity index (χ1) is 7.16. The molecule has 0 aliphatic carbocycles. The van der Waals surface area contributed by atoms with E-state index in [4.69, 9.17) is 17.3 Å². The number of benzene rings is 1. The third-order valence-electron chi connectivity index (χ3n) is 1.95. The predicted molar refractivity (Wildman–Crippen MR) is 59.7 cm³/mol. The van der Waals surface area contributed by atoms with Gasteiger partial charge in [0.05, 0.1) is 11.9 Å². The summed E-state index contributed by atoms with van der Waals surface area (Å²) < 4.78 is 0. The first-order valence-electron chi connectivity index (χ1n) is 4.27. The Labute approximate surface area is 90.7 Å². The van der Waals surface area contributed by atoms with Crippen molar-refractivity contribution in [3.63, 3.8) is 0 Å². The van der Waals surface area contributed by atoms with Crippen molar-refractivity contribution in [1.29, 1.82) is 0 Å². The topological polar surface area (TPSA) is 71.8 Å². The Kier molecular flexibility index (Phi) is 2.43. The summed E-state index contributed by atoms with van der Waals surface area (Å²) in [5, 5.41) is 0.602. The van der Waals surface area contributed by atoms with Crippen LogP contribution in [0.5, 0.6) is 0 Å². The molecule has 2 aromatic rings. The highest BCUT2D eigenvalue weighted by Gasteiger charge is 2.01. The summed E-state index contributed by atoms with van der Waals surface area (Å²) in [6.45, 7) is 0. The van der Waals surface area contributed by atoms with E-state index >= 15 is 0 Å². The maximum Gasteiger partial charge on any atom is 0.290 e. The van der Waals surface area contributed by atoms with E-state index in [-0.39, 0.29) is 5.82 Å². The minimum atomic E-state index is -0.396. The number of aromatic nitrogens is 2. The van der Waals surface area contributed by atoms with E-state index in [1.54, 1.807) is 18.2 Å². The lowest BCUT2D eigenvalue weighted by Crippen LogP contribution is -2.13. The molecule has 1 aromatic heterocycles. The summed E-state index contributed by atoms with van der Waals surface area (Å²) in [6.07, 6.45) is 1.50. The molecule has 0 spiro atoms. The van der Waals surface area contributed by atoms with Gasteiger partial charge in [-0.3, -0.25) is 4.79 Å². The molecule has 1 heterocycles. The van der Waals surface area contributed by atoms with Crippen LogP contribution in [-0.4, -0.2) is 9.97 Å². The van der Waals surface area contributed by atoms with E-state index in [1.165, 1.54) is 6.20 Å². The van der Waals surface area contributed by atoms with E-state index < -0.39 is 5.56 Å². The SMILES string of the molecule is Nc1ncc(-c2cccc(Cl)c2)[nH]c1=O. The Hall–Kier alpha value is -1.81. The summed E-state index contributed by atoms with van der Waals surface area (Å²) in [7, 11) is 0. The van der Waals surface area contributed by atoms with Gasteiger partial charge in [-0.2, -0.15) is 0 Å². The van der Waals surface area contributed by atoms with Crippen molar-refractivity contribution in [2.24, 2.45) is 0 Å². The summed E-state index contributed by atoms with van der Waals surface area (Å²) in [5.74, 6) is -0.0409. The number of hydrogen-bond donors (Lipinski definition) is 2. The highest BCUT2D eigenvalue weighted by atomic mass is 35.5. The van der Waals surface area contributed by atoms with Gasteiger partial charge in [0.25, 0.3) is 5.56 Å². The summed E-state index contributed by atoms with van der Waals surface area (Å²) >= 11 is 5.83. The molecule has 3 N–H and O–H groups in total. The average Bonchev–Trinajstić information content (AvgIpc) is 2.22. The third-order valence-corrected chi connectivity index (χ3v) is 2.18. The molecule has 1 aromatic carbocycles. The van der Waals surface area contributed by atoms with Gasteiger partial charge < -0.3 is 10.7 Å². The van der Waals surface area contributed by atoms with Crippen LogP contribution in [0, 0.1) is 0 Å². The number of rotatable bonds is 1. The van der Waals surface area contributed by atoms with Gasteiger partial charge in [-0.25, -0.2) is 4.98 Å². The molecule has 5 heteroatoms. The lowest BCUT2D eigenvalue weighted by Gasteiger charge is -2.01. The fraction of sp³-hybridized carbons (Fsp3) is 0. The van der Waals surface area contributed by atoms with Crippen molar-refractivity contribution < 1.29 is 0 Å². The number of nitrogens with zero attached hydrogens (tertiary/aromatic N) is 1. The largest absolute Gasteiger partial charge is 0.379 e. The highest BCUT2D eigenvalue weighted by molar-refractivity contribution is 6.30. The van der Waals surface area contributed by atoms with E-state index in [2.05, 4.69) is 9.97 Å². The van der Waals surface area contributed by atoms with Crippen molar-refractivity contribution in [1.82, 2.24) is 9.97 Å². The zero-order valence-electron chi connectivity index (χ0n) is 7.70. The van der Waals surface area contributed by atoms with Crippen LogP contribution in [0.3, 0.4) is 0 Å². The molecule has 0 atom stereocenters. The predicted octanol–water partition coefficient (Wildman–Crippen LogP) is 1.67. The fourth-order valence-electron chi connectivity index (χ4n) is 1.21. The smallest absolute Gasteiger partial charge is 0.290 e. The Balaban J connectivity index is 2.55. The Morgan fingerprint density at radius 2 is 2.20 bits per heavy atom. The van der Waals surface area contributed by atoms with Crippen molar-refractivity contribution >= 4 is 17.4 Å². The third kappa shape index (κ3) is 1.99. The average molecular weight is 222 g/mol. The van der Waals surface area contributed by atoms with E-state index in [0.717, 1.165) is 5.56 Å². The lowest BCUT2D eigenvalue weighted by molar-refractivity contribution is 1.16. The van der Waals surface area contributed by atoms with Crippen LogP contribution in [0.25, 0.3) is 11.3 Å². The molecular weight excluding hydrogens is 214 g/mol. The Bertz CT molecular complexity index is 550. The fourth-order valence-corrected chi connectivity index (χ4v) is 1.40. The minimum absolute atomic E-state index is 0.0409. The van der Waals surface area contributed by atoms with Crippen LogP contribution < -0.4 is 11.3 Å². The number of anilines is 1. The van der Waals surface area contributed by atoms with Gasteiger partial charge in [-0.15, -0.1) is 0 Å². The quantitative estimate of drug-likeness (QED) is 0.770. The number of halogens is 1. The number of H-pyrrole nitrogens is 1. The van der Waals surface area contributed by atoms with Crippen LogP contribution in [0.2, 0.25) is 5.02 Å². The Morgan fingerprint density at radius 3 is 2.87 bits per heavy atom. The molecule has 0 radical (unpaired) electrons. The second-order valence-corrected chi connectivity index (χ2v) is 3.46. The van der Waals surface area contributed by atoms with Gasteiger partial charge in [-0.1, -0.05) is 23.7 Å². The van der Waals surface area contributed by atoms with Crippen molar-refractivity contribution in [2.75, 3.05) is 5.73 Å². The van der Waals surface area contributed by atoms with Crippen LogP contribution in [-0.2, 0) is 0 Å². The molecule has 0 bridgehead atoms. The van der Waals surface area contributed by atoms with Gasteiger partial charge in [0.15, 0.2) is 5.82 Å². The second-order valence-electron chi connectivity index (χ2n) is 3.02. The molecule has 76 valence electrons. The van der Waals surface area contributed by atoms with Gasteiger partial charge in [-0.05, 0) is 12.1 Å². The van der Waals surface area contributed by atoms with Crippen LogP contribution in [0.15, 0.2) is 35.3 Å². The first-order valence-corrected chi connectivity index (χ1v) is 4.65. The molecule has 0 amide bonds. The maximum atomic E-state index is 11.2. The molecular formula is C10H8ClN3O. The molecule has 0 saturated heterocycles. The van der Waals surface area contributed by atoms with Crippen LogP contribution >= 0.6 is 11.6 Å². The highest BCUT2D eigenvalue weighted by Crippen LogP contribution is 2.19. The van der Waals surface area contributed by atoms with Gasteiger partial charge in [0, 0.05) is 10.6 Å². The van der Waals surface area contributed by atoms with Gasteiger partial charge in [0.1, 0.15) is 0 Å². The van der Waals surface area contributed by atoms with Crippen LogP contribution in [0.4, 0.5) is 5.82 Å². The lowest BCUT2D eigenvalue weighted by atomic mass is 10.2. The van der Waals surface area contributed by atoms with Crippen molar-refractivity contribution in [2.45, 2.75) is 0 Å². The summed E-state index contributed by atoms with van der Waals surface area (Å²) in [6, 6.07) is 7.12. The standard InChI is InChI=1S/C10H8ClN3O/c11-7-3-1-2-6(4-7)8-5-13-9(12)10(15)14-8/h1-5H,(H2,12,13)(H,14,15). The van der Waals surface area contributed by atoms with Gasteiger partial charge in [0.2, 0.25) is 0 Å². The molecule has 0 saturated carbocycles. The zero-order chi connectivity index (χ0) is 10.8. The molecule has 0 fully saturated rings. The number of nitrogens with one attached hydrogen (secondary N) is 1. The Morgan fingerprint density at radius 1 is 1.40 bits per heavy atom. The molecule has 2 rings (SSSR count). The normalized spacial score (nSPS) is 10.2. The molecule has 4 nitrogen and oxygen atoms in total. The molecule has 0 unspecified atom stereocenters. The number of aromatic amines is 1. The van der Waals surface area contributed by atoms with Crippen LogP contribution in [0.1, 0.15) is 0 Å².